The van der Waals surface area contributed by atoms with Gasteiger partial charge in [0.2, 0.25) is 5.91 Å². The fourth-order valence-electron chi connectivity index (χ4n) is 2.77. The van der Waals surface area contributed by atoms with E-state index in [9.17, 15) is 14.0 Å². The molecule has 2 aromatic rings. The van der Waals surface area contributed by atoms with Crippen molar-refractivity contribution >= 4 is 17.5 Å². The minimum Gasteiger partial charge on any atom is -0.492 e. The number of nitrogens with two attached hydrogens (primary N) is 1. The average Bonchev–Trinajstić information content (AvgIpc) is 2.95. The number of carbonyl (C=O) groups is 2. The summed E-state index contributed by atoms with van der Waals surface area (Å²) in [4.78, 5) is 25.2. The van der Waals surface area contributed by atoms with Gasteiger partial charge in [-0.3, -0.25) is 9.59 Å². The minimum atomic E-state index is -0.555. The Bertz CT molecular complexity index is 761. The number of benzene rings is 2. The van der Waals surface area contributed by atoms with Crippen molar-refractivity contribution < 1.29 is 18.7 Å². The summed E-state index contributed by atoms with van der Waals surface area (Å²) in [6.07, 6.45) is 0.343. The van der Waals surface area contributed by atoms with Crippen LogP contribution in [0.4, 0.5) is 10.1 Å². The first-order chi connectivity index (χ1) is 11.5. The van der Waals surface area contributed by atoms with E-state index in [1.807, 2.05) is 0 Å². The Morgan fingerprint density at radius 2 is 1.92 bits per heavy atom. The molecule has 24 heavy (non-hydrogen) atoms. The maximum absolute atomic E-state index is 13.0. The lowest BCUT2D eigenvalue weighted by Gasteiger charge is -2.17. The number of para-hydroxylation sites is 1. The van der Waals surface area contributed by atoms with Crippen LogP contribution in [-0.4, -0.2) is 25.0 Å². The number of primary amides is 1. The summed E-state index contributed by atoms with van der Waals surface area (Å²) in [5, 5.41) is 0. The molecule has 2 amide bonds. The van der Waals surface area contributed by atoms with Gasteiger partial charge < -0.3 is 15.4 Å². The number of hydrogen-bond acceptors (Lipinski definition) is 3. The monoisotopic (exact) mass is 328 g/mol. The Kier molecular flexibility index (Phi) is 4.46. The Labute approximate surface area is 138 Å². The zero-order valence-electron chi connectivity index (χ0n) is 12.9. The first kappa shape index (κ1) is 16.0. The zero-order chi connectivity index (χ0) is 17.1. The van der Waals surface area contributed by atoms with Crippen LogP contribution in [0.2, 0.25) is 0 Å². The maximum atomic E-state index is 13.0. The summed E-state index contributed by atoms with van der Waals surface area (Å²) in [6, 6.07) is 12.6. The SMILES string of the molecule is NC(=O)c1ccccc1OCC1CC(=O)N(c2ccc(F)cc2)C1. The number of halogens is 1. The van der Waals surface area contributed by atoms with Crippen molar-refractivity contribution in [2.75, 3.05) is 18.1 Å². The second-order valence-electron chi connectivity index (χ2n) is 5.72. The van der Waals surface area contributed by atoms with Crippen molar-refractivity contribution in [1.29, 1.82) is 0 Å². The number of ether oxygens (including phenoxy) is 1. The average molecular weight is 328 g/mol. The normalized spacial score (nSPS) is 17.1. The summed E-state index contributed by atoms with van der Waals surface area (Å²) in [5.41, 5.74) is 6.30. The Morgan fingerprint density at radius 1 is 1.21 bits per heavy atom. The molecule has 1 unspecified atom stereocenters. The standard InChI is InChI=1S/C18H17FN2O3/c19-13-5-7-14(8-6-13)21-10-12(9-17(21)22)11-24-16-4-2-1-3-15(16)18(20)23/h1-8,12H,9-11H2,(H2,20,23). The maximum Gasteiger partial charge on any atom is 0.252 e. The van der Waals surface area contributed by atoms with Crippen molar-refractivity contribution in [3.63, 3.8) is 0 Å². The van der Waals surface area contributed by atoms with Crippen LogP contribution in [-0.2, 0) is 4.79 Å². The first-order valence-corrected chi connectivity index (χ1v) is 7.62. The van der Waals surface area contributed by atoms with Crippen LogP contribution in [0, 0.1) is 11.7 Å². The lowest BCUT2D eigenvalue weighted by atomic mass is 10.1. The minimum absolute atomic E-state index is 0.0107. The molecule has 0 aliphatic carbocycles. The molecule has 5 nitrogen and oxygen atoms in total. The summed E-state index contributed by atoms with van der Waals surface area (Å²) in [6.45, 7) is 0.789. The van der Waals surface area contributed by atoms with Gasteiger partial charge in [-0.1, -0.05) is 12.1 Å². The van der Waals surface area contributed by atoms with E-state index in [2.05, 4.69) is 0 Å². The molecule has 6 heteroatoms. The zero-order valence-corrected chi connectivity index (χ0v) is 12.9. The predicted octanol–water partition coefficient (Wildman–Crippen LogP) is 2.36. The molecule has 2 aromatic carbocycles. The van der Waals surface area contributed by atoms with Crippen molar-refractivity contribution in [1.82, 2.24) is 0 Å². The van der Waals surface area contributed by atoms with Crippen LogP contribution < -0.4 is 15.4 Å². The van der Waals surface area contributed by atoms with Gasteiger partial charge in [-0.25, -0.2) is 4.39 Å². The molecule has 1 saturated heterocycles. The number of carbonyl (C=O) groups excluding carboxylic acids is 2. The summed E-state index contributed by atoms with van der Waals surface area (Å²) in [7, 11) is 0. The molecule has 3 rings (SSSR count). The van der Waals surface area contributed by atoms with Crippen molar-refractivity contribution in [2.45, 2.75) is 6.42 Å². The Balaban J connectivity index is 1.65. The number of nitrogens with zero attached hydrogens (tertiary/aromatic N) is 1. The fourth-order valence-corrected chi connectivity index (χ4v) is 2.77. The summed E-state index contributed by atoms with van der Waals surface area (Å²) >= 11 is 0. The molecule has 0 aromatic heterocycles. The Hall–Kier alpha value is -2.89. The molecule has 0 saturated carbocycles. The van der Waals surface area contributed by atoms with Gasteiger partial charge in [0.15, 0.2) is 0 Å². The second-order valence-corrected chi connectivity index (χ2v) is 5.72. The summed E-state index contributed by atoms with van der Waals surface area (Å²) in [5.74, 6) is -0.520. The highest BCUT2D eigenvalue weighted by Gasteiger charge is 2.31. The van der Waals surface area contributed by atoms with E-state index >= 15 is 0 Å². The molecule has 1 heterocycles. The topological polar surface area (TPSA) is 72.6 Å². The van der Waals surface area contributed by atoms with Crippen LogP contribution in [0.25, 0.3) is 0 Å². The first-order valence-electron chi connectivity index (χ1n) is 7.62. The molecule has 1 aliphatic heterocycles. The molecule has 0 radical (unpaired) electrons. The molecule has 0 spiro atoms. The number of amides is 2. The van der Waals surface area contributed by atoms with Gasteiger partial charge in [0.25, 0.3) is 5.91 Å². The summed E-state index contributed by atoms with van der Waals surface area (Å²) < 4.78 is 18.7. The predicted molar refractivity (Wildman–Crippen MR) is 87.3 cm³/mol. The highest BCUT2D eigenvalue weighted by Crippen LogP contribution is 2.26. The Morgan fingerprint density at radius 3 is 2.62 bits per heavy atom. The molecule has 1 atom stereocenters. The van der Waals surface area contributed by atoms with Crippen molar-refractivity contribution in [3.05, 3.63) is 59.9 Å². The van der Waals surface area contributed by atoms with Gasteiger partial charge in [0.1, 0.15) is 11.6 Å². The lowest BCUT2D eigenvalue weighted by molar-refractivity contribution is -0.117. The van der Waals surface area contributed by atoms with E-state index in [1.54, 1.807) is 41.3 Å². The number of anilines is 1. The highest BCUT2D eigenvalue weighted by molar-refractivity contribution is 5.96. The van der Waals surface area contributed by atoms with Crippen LogP contribution in [0.1, 0.15) is 16.8 Å². The third kappa shape index (κ3) is 3.37. The van der Waals surface area contributed by atoms with Crippen LogP contribution in [0.15, 0.2) is 48.5 Å². The van der Waals surface area contributed by atoms with E-state index in [-0.39, 0.29) is 17.6 Å². The van der Waals surface area contributed by atoms with E-state index in [4.69, 9.17) is 10.5 Å². The van der Waals surface area contributed by atoms with E-state index < -0.39 is 5.91 Å². The number of hydrogen-bond donors (Lipinski definition) is 1. The third-order valence-corrected chi connectivity index (χ3v) is 3.97. The van der Waals surface area contributed by atoms with Crippen LogP contribution in [0.5, 0.6) is 5.75 Å². The molecule has 1 fully saturated rings. The molecule has 0 bridgehead atoms. The second kappa shape index (κ2) is 6.70. The molecular formula is C18H17FN2O3. The van der Waals surface area contributed by atoms with E-state index in [0.29, 0.717) is 36.6 Å². The number of rotatable bonds is 5. The lowest BCUT2D eigenvalue weighted by Crippen LogP contribution is -2.25. The largest absolute Gasteiger partial charge is 0.492 e. The van der Waals surface area contributed by atoms with Crippen LogP contribution in [0.3, 0.4) is 0 Å². The molecular weight excluding hydrogens is 311 g/mol. The molecule has 2 N–H and O–H groups in total. The van der Waals surface area contributed by atoms with Crippen molar-refractivity contribution in [3.8, 4) is 5.75 Å². The smallest absolute Gasteiger partial charge is 0.252 e. The van der Waals surface area contributed by atoms with Gasteiger partial charge >= 0.3 is 0 Å². The van der Waals surface area contributed by atoms with E-state index in [1.165, 1.54) is 12.1 Å². The molecule has 1 aliphatic rings. The van der Waals surface area contributed by atoms with Gasteiger partial charge in [0, 0.05) is 24.6 Å². The fraction of sp³-hybridized carbons (Fsp3) is 0.222. The molecule has 124 valence electrons. The van der Waals surface area contributed by atoms with E-state index in [0.717, 1.165) is 0 Å². The van der Waals surface area contributed by atoms with Crippen LogP contribution >= 0.6 is 0 Å². The van der Waals surface area contributed by atoms with Crippen molar-refractivity contribution in [2.24, 2.45) is 11.7 Å². The highest BCUT2D eigenvalue weighted by atomic mass is 19.1. The van der Waals surface area contributed by atoms with Gasteiger partial charge in [-0.15, -0.1) is 0 Å². The van der Waals surface area contributed by atoms with Gasteiger partial charge in [0.05, 0.1) is 12.2 Å². The van der Waals surface area contributed by atoms with Gasteiger partial charge in [-0.2, -0.15) is 0 Å². The van der Waals surface area contributed by atoms with Gasteiger partial charge in [-0.05, 0) is 36.4 Å². The third-order valence-electron chi connectivity index (χ3n) is 3.97. The quantitative estimate of drug-likeness (QED) is 0.916.